The number of benzene rings is 1. The average Bonchev–Trinajstić information content (AvgIpc) is 2.97. The number of hydrogen-bond acceptors (Lipinski definition) is 5. The topological polar surface area (TPSA) is 101 Å². The Hall–Kier alpha value is -3.43. The highest BCUT2D eigenvalue weighted by Crippen LogP contribution is 2.25. The second-order valence-corrected chi connectivity index (χ2v) is 5.18. The molecule has 3 aromatic rings. The summed E-state index contributed by atoms with van der Waals surface area (Å²) in [6, 6.07) is 3.22. The highest BCUT2D eigenvalue weighted by atomic mass is 19.2. The molecule has 0 radical (unpaired) electrons. The van der Waals surface area contributed by atoms with Gasteiger partial charge < -0.3 is 10.6 Å². The first-order valence-corrected chi connectivity index (χ1v) is 7.11. The Morgan fingerprint density at radius 1 is 1.12 bits per heavy atom. The van der Waals surface area contributed by atoms with Crippen LogP contribution in [0.5, 0.6) is 0 Å². The number of rotatable bonds is 3. The van der Waals surface area contributed by atoms with E-state index in [0.717, 1.165) is 12.1 Å². The van der Waals surface area contributed by atoms with E-state index in [9.17, 15) is 18.4 Å². The summed E-state index contributed by atoms with van der Waals surface area (Å²) >= 11 is 0. The van der Waals surface area contributed by atoms with E-state index in [1.807, 2.05) is 0 Å². The van der Waals surface area contributed by atoms with Crippen molar-refractivity contribution >= 4 is 29.0 Å². The lowest BCUT2D eigenvalue weighted by Gasteiger charge is -2.11. The van der Waals surface area contributed by atoms with Crippen LogP contribution in [0.3, 0.4) is 0 Å². The molecule has 0 saturated heterocycles. The average molecular weight is 346 g/mol. The van der Waals surface area contributed by atoms with E-state index in [4.69, 9.17) is 0 Å². The van der Waals surface area contributed by atoms with Crippen LogP contribution in [0.15, 0.2) is 24.4 Å². The molecular weight excluding hydrogens is 334 g/mol. The van der Waals surface area contributed by atoms with Crippen molar-refractivity contribution in [3.63, 3.8) is 0 Å². The SMILES string of the molecule is CC(=O)Nc1cc(F)c(F)cc1NC(=O)c1nc2nccc(C)n2n1. The Labute approximate surface area is 139 Å². The number of aryl methyl sites for hydroxylation is 1. The van der Waals surface area contributed by atoms with Gasteiger partial charge in [0.1, 0.15) is 0 Å². The second kappa shape index (κ2) is 6.23. The van der Waals surface area contributed by atoms with Crippen LogP contribution in [0.25, 0.3) is 5.78 Å². The first-order chi connectivity index (χ1) is 11.8. The van der Waals surface area contributed by atoms with E-state index in [1.165, 1.54) is 17.6 Å². The van der Waals surface area contributed by atoms with E-state index < -0.39 is 23.4 Å². The van der Waals surface area contributed by atoms with Crippen molar-refractivity contribution in [1.82, 2.24) is 19.6 Å². The van der Waals surface area contributed by atoms with Gasteiger partial charge in [0.25, 0.3) is 11.7 Å². The maximum atomic E-state index is 13.5. The Kier molecular flexibility index (Phi) is 4.09. The molecule has 3 rings (SSSR count). The molecule has 8 nitrogen and oxygen atoms in total. The molecule has 0 bridgehead atoms. The Bertz CT molecular complexity index is 1000. The van der Waals surface area contributed by atoms with Crippen LogP contribution in [0, 0.1) is 18.6 Å². The highest BCUT2D eigenvalue weighted by molar-refractivity contribution is 6.05. The molecule has 0 fully saturated rings. The third-order valence-electron chi connectivity index (χ3n) is 3.25. The quantitative estimate of drug-likeness (QED) is 0.754. The normalized spacial score (nSPS) is 10.7. The highest BCUT2D eigenvalue weighted by Gasteiger charge is 2.18. The molecule has 1 aromatic carbocycles. The lowest BCUT2D eigenvalue weighted by molar-refractivity contribution is -0.114. The predicted octanol–water partition coefficient (Wildman–Crippen LogP) is 1.92. The third-order valence-corrected chi connectivity index (χ3v) is 3.25. The van der Waals surface area contributed by atoms with Gasteiger partial charge in [0, 0.05) is 30.9 Å². The number of carbonyl (C=O) groups is 2. The summed E-state index contributed by atoms with van der Waals surface area (Å²) in [5, 5.41) is 8.68. The lowest BCUT2D eigenvalue weighted by Crippen LogP contribution is -2.17. The number of anilines is 2. The molecule has 128 valence electrons. The summed E-state index contributed by atoms with van der Waals surface area (Å²) in [5.74, 6) is -3.59. The molecule has 2 N–H and O–H groups in total. The van der Waals surface area contributed by atoms with Crippen molar-refractivity contribution < 1.29 is 18.4 Å². The number of nitrogens with one attached hydrogen (secondary N) is 2. The second-order valence-electron chi connectivity index (χ2n) is 5.18. The van der Waals surface area contributed by atoms with Crippen molar-refractivity contribution in [3.05, 3.63) is 47.5 Å². The van der Waals surface area contributed by atoms with E-state index in [0.29, 0.717) is 5.69 Å². The molecule has 0 aliphatic carbocycles. The molecule has 0 spiro atoms. The molecule has 0 aliphatic rings. The standard InChI is InChI=1S/C15H12F2N6O2/c1-7-3-4-18-15-21-13(22-23(7)15)14(25)20-12-6-10(17)9(16)5-11(12)19-8(2)24/h3-6H,1-2H3,(H,19,24)(H,20,25). The summed E-state index contributed by atoms with van der Waals surface area (Å²) in [7, 11) is 0. The number of aromatic nitrogens is 4. The van der Waals surface area contributed by atoms with Gasteiger partial charge in [-0.2, -0.15) is 4.98 Å². The summed E-state index contributed by atoms with van der Waals surface area (Å²) < 4.78 is 28.2. The number of hydrogen-bond donors (Lipinski definition) is 2. The third kappa shape index (κ3) is 3.27. The van der Waals surface area contributed by atoms with Crippen LogP contribution in [0.2, 0.25) is 0 Å². The van der Waals surface area contributed by atoms with Crippen molar-refractivity contribution in [2.45, 2.75) is 13.8 Å². The maximum Gasteiger partial charge on any atom is 0.295 e. The van der Waals surface area contributed by atoms with Crippen molar-refractivity contribution in [1.29, 1.82) is 0 Å². The van der Waals surface area contributed by atoms with Gasteiger partial charge in [-0.1, -0.05) is 0 Å². The zero-order chi connectivity index (χ0) is 18.1. The number of nitrogens with zero attached hydrogens (tertiary/aromatic N) is 4. The van der Waals surface area contributed by atoms with Gasteiger partial charge in [0.05, 0.1) is 11.4 Å². The number of halogens is 2. The smallest absolute Gasteiger partial charge is 0.295 e. The van der Waals surface area contributed by atoms with Crippen molar-refractivity contribution in [2.75, 3.05) is 10.6 Å². The molecule has 25 heavy (non-hydrogen) atoms. The van der Waals surface area contributed by atoms with E-state index >= 15 is 0 Å². The van der Waals surface area contributed by atoms with Gasteiger partial charge >= 0.3 is 0 Å². The zero-order valence-corrected chi connectivity index (χ0v) is 13.2. The molecule has 2 amide bonds. The molecular formula is C15H12F2N6O2. The van der Waals surface area contributed by atoms with Crippen LogP contribution in [-0.2, 0) is 4.79 Å². The van der Waals surface area contributed by atoms with Crippen molar-refractivity contribution in [2.24, 2.45) is 0 Å². The Morgan fingerprint density at radius 3 is 2.36 bits per heavy atom. The number of amides is 2. The Balaban J connectivity index is 1.95. The fourth-order valence-electron chi connectivity index (χ4n) is 2.12. The molecule has 0 saturated carbocycles. The van der Waals surface area contributed by atoms with Gasteiger partial charge in [0.15, 0.2) is 11.6 Å². The molecule has 0 atom stereocenters. The van der Waals surface area contributed by atoms with Gasteiger partial charge in [-0.05, 0) is 13.0 Å². The van der Waals surface area contributed by atoms with E-state index in [-0.39, 0.29) is 23.0 Å². The predicted molar refractivity (Wildman–Crippen MR) is 84.1 cm³/mol. The van der Waals surface area contributed by atoms with Gasteiger partial charge in [0.2, 0.25) is 11.7 Å². The fraction of sp³-hybridized carbons (Fsp3) is 0.133. The van der Waals surface area contributed by atoms with E-state index in [2.05, 4.69) is 25.7 Å². The molecule has 2 heterocycles. The zero-order valence-electron chi connectivity index (χ0n) is 13.2. The molecule has 0 unspecified atom stereocenters. The van der Waals surface area contributed by atoms with Gasteiger partial charge in [-0.3, -0.25) is 9.59 Å². The monoisotopic (exact) mass is 346 g/mol. The molecule has 10 heteroatoms. The summed E-state index contributed by atoms with van der Waals surface area (Å²) in [5.41, 5.74) is 0.503. The minimum atomic E-state index is -1.18. The largest absolute Gasteiger partial charge is 0.324 e. The summed E-state index contributed by atoms with van der Waals surface area (Å²) in [6.07, 6.45) is 1.52. The van der Waals surface area contributed by atoms with Crippen LogP contribution in [-0.4, -0.2) is 31.4 Å². The van der Waals surface area contributed by atoms with Gasteiger partial charge in [-0.15, -0.1) is 5.10 Å². The van der Waals surface area contributed by atoms with E-state index in [1.54, 1.807) is 13.0 Å². The summed E-state index contributed by atoms with van der Waals surface area (Å²) in [6.45, 7) is 2.96. The van der Waals surface area contributed by atoms with Gasteiger partial charge in [-0.25, -0.2) is 18.3 Å². The van der Waals surface area contributed by atoms with Crippen LogP contribution in [0.4, 0.5) is 20.2 Å². The summed E-state index contributed by atoms with van der Waals surface area (Å²) in [4.78, 5) is 31.5. The van der Waals surface area contributed by atoms with Crippen molar-refractivity contribution in [3.8, 4) is 0 Å². The maximum absolute atomic E-state index is 13.5. The first-order valence-electron chi connectivity index (χ1n) is 7.11. The van der Waals surface area contributed by atoms with Crippen LogP contribution < -0.4 is 10.6 Å². The fourth-order valence-corrected chi connectivity index (χ4v) is 2.12. The minimum absolute atomic E-state index is 0.0854. The minimum Gasteiger partial charge on any atom is -0.324 e. The number of fused-ring (bicyclic) bond motifs is 1. The first kappa shape index (κ1) is 16.4. The Morgan fingerprint density at radius 2 is 1.76 bits per heavy atom. The lowest BCUT2D eigenvalue weighted by atomic mass is 10.2. The molecule has 2 aromatic heterocycles. The molecule has 0 aliphatic heterocycles. The van der Waals surface area contributed by atoms with Crippen LogP contribution in [0.1, 0.15) is 23.2 Å². The van der Waals surface area contributed by atoms with Crippen LogP contribution >= 0.6 is 0 Å². The number of carbonyl (C=O) groups excluding carboxylic acids is 2.